The average molecular weight is 529 g/mol. The molecule has 4 aromatic rings. The molecule has 2 aromatic carbocycles. The summed E-state index contributed by atoms with van der Waals surface area (Å²) in [5, 5.41) is 11.0. The molecule has 200 valence electrons. The van der Waals surface area contributed by atoms with Crippen LogP contribution in [0.25, 0.3) is 11.4 Å². The first-order chi connectivity index (χ1) is 19.0. The summed E-state index contributed by atoms with van der Waals surface area (Å²) in [4.78, 5) is 22.6. The summed E-state index contributed by atoms with van der Waals surface area (Å²) in [6.07, 6.45) is 3.23. The molecular weight excluding hydrogens is 500 g/mol. The number of aromatic nitrogens is 4. The number of hydrogen-bond donors (Lipinski definition) is 2. The predicted octanol–water partition coefficient (Wildman–Crippen LogP) is 4.30. The van der Waals surface area contributed by atoms with Crippen molar-refractivity contribution >= 4 is 17.5 Å². The highest BCUT2D eigenvalue weighted by Gasteiger charge is 2.36. The number of hydrogen-bond acceptors (Lipinski definition) is 9. The van der Waals surface area contributed by atoms with Crippen LogP contribution in [0, 0.1) is 0 Å². The lowest BCUT2D eigenvalue weighted by Crippen LogP contribution is -2.31. The lowest BCUT2D eigenvalue weighted by atomic mass is 9.94. The van der Waals surface area contributed by atoms with Crippen molar-refractivity contribution in [2.75, 3.05) is 39.1 Å². The Morgan fingerprint density at radius 1 is 0.949 bits per heavy atom. The Labute approximate surface area is 225 Å². The van der Waals surface area contributed by atoms with Crippen LogP contribution in [-0.4, -0.2) is 54.1 Å². The van der Waals surface area contributed by atoms with Crippen LogP contribution in [0.1, 0.15) is 18.5 Å². The number of nitrogens with zero attached hydrogens (tertiary/aromatic N) is 4. The maximum atomic E-state index is 13.8. The van der Waals surface area contributed by atoms with Crippen LogP contribution >= 0.6 is 0 Å². The Balaban J connectivity index is 1.66. The number of methoxy groups -OCH3 is 4. The average Bonchev–Trinajstić information content (AvgIpc) is 3.39. The molecule has 39 heavy (non-hydrogen) atoms. The van der Waals surface area contributed by atoms with Gasteiger partial charge in [0.15, 0.2) is 17.3 Å². The third kappa shape index (κ3) is 4.81. The zero-order chi connectivity index (χ0) is 27.5. The van der Waals surface area contributed by atoms with Crippen LogP contribution < -0.4 is 29.6 Å². The number of anilines is 2. The fourth-order valence-electron chi connectivity index (χ4n) is 4.52. The first-order valence-electron chi connectivity index (χ1n) is 12.1. The SMILES string of the molecule is COc1ccc(OC)c(C2C(C(=O)Nc3cccnc3)=C(C)Nc3nc(-c4ccc(OC)c(OC)c4)nn32)c1. The molecular formula is C28H28N6O5. The zero-order valence-electron chi connectivity index (χ0n) is 22.2. The van der Waals surface area contributed by atoms with Crippen molar-refractivity contribution < 1.29 is 23.7 Å². The van der Waals surface area contributed by atoms with E-state index in [-0.39, 0.29) is 5.91 Å². The standard InChI is InChI=1S/C28H28N6O5/c1-16-24(27(35)31-18-7-6-12-29-15-18)25(20-14-19(36-2)9-11-21(20)37-3)34-28(30-16)32-26(33-34)17-8-10-22(38-4)23(13-17)39-5/h6-15,25H,1-5H3,(H,31,35)(H,30,32,33). The molecule has 2 aromatic heterocycles. The van der Waals surface area contributed by atoms with Gasteiger partial charge in [0.2, 0.25) is 5.95 Å². The summed E-state index contributed by atoms with van der Waals surface area (Å²) in [6, 6.07) is 13.7. The van der Waals surface area contributed by atoms with E-state index in [1.54, 1.807) is 81.9 Å². The molecule has 3 heterocycles. The normalized spacial score (nSPS) is 14.2. The van der Waals surface area contributed by atoms with Gasteiger partial charge in [-0.3, -0.25) is 9.78 Å². The van der Waals surface area contributed by atoms with E-state index in [9.17, 15) is 4.79 Å². The minimum absolute atomic E-state index is 0.323. The van der Waals surface area contributed by atoms with Crippen LogP contribution in [0.5, 0.6) is 23.0 Å². The highest BCUT2D eigenvalue weighted by Crippen LogP contribution is 2.42. The second kappa shape index (κ2) is 10.7. The minimum atomic E-state index is -0.690. The van der Waals surface area contributed by atoms with Crippen molar-refractivity contribution in [1.82, 2.24) is 19.7 Å². The summed E-state index contributed by atoms with van der Waals surface area (Å²) in [5.41, 5.74) is 3.01. The van der Waals surface area contributed by atoms with Gasteiger partial charge in [0.1, 0.15) is 17.5 Å². The van der Waals surface area contributed by atoms with Gasteiger partial charge in [-0.2, -0.15) is 4.98 Å². The molecule has 0 radical (unpaired) electrons. The highest BCUT2D eigenvalue weighted by atomic mass is 16.5. The fourth-order valence-corrected chi connectivity index (χ4v) is 4.52. The van der Waals surface area contributed by atoms with Crippen molar-refractivity contribution in [2.45, 2.75) is 13.0 Å². The molecule has 1 unspecified atom stereocenters. The molecule has 0 bridgehead atoms. The van der Waals surface area contributed by atoms with E-state index in [0.717, 1.165) is 0 Å². The predicted molar refractivity (Wildman–Crippen MR) is 145 cm³/mol. The summed E-state index contributed by atoms with van der Waals surface area (Å²) >= 11 is 0. The Bertz CT molecular complexity index is 1550. The molecule has 2 N–H and O–H groups in total. The monoisotopic (exact) mass is 528 g/mol. The highest BCUT2D eigenvalue weighted by molar-refractivity contribution is 6.06. The number of carbonyl (C=O) groups is 1. The summed E-state index contributed by atoms with van der Waals surface area (Å²) in [5.74, 6) is 2.89. The van der Waals surface area contributed by atoms with Gasteiger partial charge in [-0.15, -0.1) is 5.10 Å². The van der Waals surface area contributed by atoms with Gasteiger partial charge < -0.3 is 29.6 Å². The molecule has 5 rings (SSSR count). The van der Waals surface area contributed by atoms with E-state index in [2.05, 4.69) is 15.6 Å². The van der Waals surface area contributed by atoms with E-state index in [1.165, 1.54) is 0 Å². The summed E-state index contributed by atoms with van der Waals surface area (Å²) in [6.45, 7) is 1.83. The topological polar surface area (TPSA) is 122 Å². The molecule has 1 atom stereocenters. The molecule has 0 fully saturated rings. The smallest absolute Gasteiger partial charge is 0.255 e. The van der Waals surface area contributed by atoms with E-state index in [4.69, 9.17) is 29.0 Å². The number of amides is 1. The van der Waals surface area contributed by atoms with Gasteiger partial charge in [0, 0.05) is 23.0 Å². The molecule has 1 amide bonds. The van der Waals surface area contributed by atoms with Crippen LogP contribution in [-0.2, 0) is 4.79 Å². The fraction of sp³-hybridized carbons (Fsp3) is 0.214. The Morgan fingerprint density at radius 2 is 1.72 bits per heavy atom. The van der Waals surface area contributed by atoms with Crippen LogP contribution in [0.2, 0.25) is 0 Å². The number of nitrogens with one attached hydrogen (secondary N) is 2. The lowest BCUT2D eigenvalue weighted by Gasteiger charge is -2.29. The molecule has 11 heteroatoms. The van der Waals surface area contributed by atoms with E-state index >= 15 is 0 Å². The van der Waals surface area contributed by atoms with E-state index in [0.29, 0.717) is 62.9 Å². The number of ether oxygens (including phenoxy) is 4. The number of rotatable bonds is 8. The Morgan fingerprint density at radius 3 is 2.41 bits per heavy atom. The quantitative estimate of drug-likeness (QED) is 0.345. The van der Waals surface area contributed by atoms with Crippen molar-refractivity contribution in [3.8, 4) is 34.4 Å². The molecule has 1 aliphatic heterocycles. The lowest BCUT2D eigenvalue weighted by molar-refractivity contribution is -0.113. The van der Waals surface area contributed by atoms with Gasteiger partial charge in [-0.05, 0) is 55.5 Å². The van der Waals surface area contributed by atoms with Gasteiger partial charge in [0.05, 0.1) is 45.9 Å². The van der Waals surface area contributed by atoms with Crippen molar-refractivity contribution in [2.24, 2.45) is 0 Å². The second-order valence-electron chi connectivity index (χ2n) is 8.64. The number of fused-ring (bicyclic) bond motifs is 1. The molecule has 0 saturated heterocycles. The minimum Gasteiger partial charge on any atom is -0.497 e. The van der Waals surface area contributed by atoms with Gasteiger partial charge in [-0.25, -0.2) is 4.68 Å². The number of pyridine rings is 1. The van der Waals surface area contributed by atoms with E-state index < -0.39 is 6.04 Å². The molecule has 1 aliphatic rings. The number of benzene rings is 2. The maximum absolute atomic E-state index is 13.8. The molecule has 0 saturated carbocycles. The van der Waals surface area contributed by atoms with Crippen LogP contribution in [0.15, 0.2) is 72.2 Å². The van der Waals surface area contributed by atoms with Gasteiger partial charge >= 0.3 is 0 Å². The molecule has 0 spiro atoms. The number of carbonyl (C=O) groups excluding carboxylic acids is 1. The zero-order valence-corrected chi connectivity index (χ0v) is 22.2. The Hall–Kier alpha value is -5.06. The van der Waals surface area contributed by atoms with Crippen molar-refractivity contribution in [3.05, 3.63) is 77.8 Å². The maximum Gasteiger partial charge on any atom is 0.255 e. The van der Waals surface area contributed by atoms with Crippen molar-refractivity contribution in [3.63, 3.8) is 0 Å². The summed E-state index contributed by atoms with van der Waals surface area (Å²) < 4.78 is 23.7. The third-order valence-corrected chi connectivity index (χ3v) is 6.39. The first kappa shape index (κ1) is 25.6. The second-order valence-corrected chi connectivity index (χ2v) is 8.64. The Kier molecular flexibility index (Phi) is 7.04. The van der Waals surface area contributed by atoms with Gasteiger partial charge in [0.25, 0.3) is 5.91 Å². The van der Waals surface area contributed by atoms with Crippen LogP contribution in [0.3, 0.4) is 0 Å². The van der Waals surface area contributed by atoms with E-state index in [1.807, 2.05) is 19.1 Å². The molecule has 11 nitrogen and oxygen atoms in total. The molecule has 0 aliphatic carbocycles. The van der Waals surface area contributed by atoms with Gasteiger partial charge in [-0.1, -0.05) is 0 Å². The number of allylic oxidation sites excluding steroid dienone is 1. The van der Waals surface area contributed by atoms with Crippen LogP contribution in [0.4, 0.5) is 11.6 Å². The largest absolute Gasteiger partial charge is 0.497 e. The first-order valence-corrected chi connectivity index (χ1v) is 12.1. The van der Waals surface area contributed by atoms with Crippen molar-refractivity contribution in [1.29, 1.82) is 0 Å². The third-order valence-electron chi connectivity index (χ3n) is 6.39. The summed E-state index contributed by atoms with van der Waals surface area (Å²) in [7, 11) is 6.31.